The van der Waals surface area contributed by atoms with Crippen LogP contribution in [0.15, 0.2) is 22.7 Å². The van der Waals surface area contributed by atoms with Gasteiger partial charge < -0.3 is 29.2 Å². The van der Waals surface area contributed by atoms with Crippen molar-refractivity contribution in [2.45, 2.75) is 57.0 Å². The second-order valence-corrected chi connectivity index (χ2v) is 9.98. The van der Waals surface area contributed by atoms with Crippen LogP contribution in [-0.2, 0) is 10.9 Å². The van der Waals surface area contributed by atoms with Crippen molar-refractivity contribution in [2.75, 3.05) is 54.4 Å². The average Bonchev–Trinajstić information content (AvgIpc) is 3.60. The number of hydrogen-bond acceptors (Lipinski definition) is 8. The number of rotatable bonds is 5. The summed E-state index contributed by atoms with van der Waals surface area (Å²) in [7, 11) is 0. The van der Waals surface area contributed by atoms with E-state index in [4.69, 9.17) is 9.15 Å². The normalized spacial score (nSPS) is 20.8. The van der Waals surface area contributed by atoms with E-state index in [0.29, 0.717) is 44.8 Å². The molecule has 2 aromatic rings. The summed E-state index contributed by atoms with van der Waals surface area (Å²) >= 11 is 0. The minimum absolute atomic E-state index is 0.00276. The van der Waals surface area contributed by atoms with Crippen LogP contribution in [0.4, 0.5) is 39.9 Å². The van der Waals surface area contributed by atoms with Crippen LogP contribution < -0.4 is 15.1 Å². The van der Waals surface area contributed by atoms with E-state index in [9.17, 15) is 27.2 Å². The second-order valence-electron chi connectivity index (χ2n) is 9.98. The van der Waals surface area contributed by atoms with Gasteiger partial charge in [0, 0.05) is 32.7 Å². The number of carbonyl (C=O) groups is 2. The van der Waals surface area contributed by atoms with Gasteiger partial charge in [0.25, 0.3) is 11.9 Å². The lowest BCUT2D eigenvalue weighted by atomic mass is 10.1. The minimum atomic E-state index is -4.94. The fourth-order valence-electron chi connectivity index (χ4n) is 5.07. The van der Waals surface area contributed by atoms with Gasteiger partial charge in [0.1, 0.15) is 18.1 Å². The molecule has 1 saturated carbocycles. The number of pyridine rings is 1. The molecule has 0 spiro atoms. The molecule has 14 heteroatoms. The first kappa shape index (κ1) is 27.0. The zero-order valence-electron chi connectivity index (χ0n) is 21.3. The lowest BCUT2D eigenvalue weighted by Crippen LogP contribution is -2.49. The highest BCUT2D eigenvalue weighted by atomic mass is 19.4. The molecule has 5 rings (SSSR count). The number of piperazine rings is 1. The number of nitrogens with zero attached hydrogens (tertiary/aromatic N) is 5. The largest absolute Gasteiger partial charge is 0.446 e. The second kappa shape index (κ2) is 11.3. The Balaban J connectivity index is 1.19. The van der Waals surface area contributed by atoms with E-state index < -0.39 is 35.7 Å². The number of anilines is 3. The Morgan fingerprint density at radius 2 is 1.74 bits per heavy atom. The van der Waals surface area contributed by atoms with Gasteiger partial charge in [0.2, 0.25) is 5.76 Å². The summed E-state index contributed by atoms with van der Waals surface area (Å²) < 4.78 is 65.3. The van der Waals surface area contributed by atoms with Crippen LogP contribution in [0.5, 0.6) is 0 Å². The number of nitrogens with one attached hydrogen (secondary N) is 1. The molecular weight excluding hydrogens is 524 g/mol. The van der Waals surface area contributed by atoms with E-state index >= 15 is 0 Å². The van der Waals surface area contributed by atoms with Crippen LogP contribution >= 0.6 is 0 Å². The quantitative estimate of drug-likeness (QED) is 0.540. The summed E-state index contributed by atoms with van der Waals surface area (Å²) in [6, 6.07) is 2.71. The number of ether oxygens (including phenoxy) is 1. The Hall–Kier alpha value is -3.58. The van der Waals surface area contributed by atoms with Gasteiger partial charge in [-0.25, -0.2) is 14.2 Å². The summed E-state index contributed by atoms with van der Waals surface area (Å²) in [5, 5.41) is 2.37. The maximum absolute atomic E-state index is 13.8. The van der Waals surface area contributed by atoms with E-state index in [2.05, 4.69) is 15.3 Å². The predicted octanol–water partition coefficient (Wildman–Crippen LogP) is 4.48. The summed E-state index contributed by atoms with van der Waals surface area (Å²) in [4.78, 5) is 37.8. The Labute approximate surface area is 222 Å². The van der Waals surface area contributed by atoms with Gasteiger partial charge in [-0.15, -0.1) is 0 Å². The van der Waals surface area contributed by atoms with Crippen LogP contribution in [-0.4, -0.2) is 78.4 Å². The van der Waals surface area contributed by atoms with Gasteiger partial charge in [-0.3, -0.25) is 4.79 Å². The molecule has 39 heavy (non-hydrogen) atoms. The topological polar surface area (TPSA) is 104 Å². The highest BCUT2D eigenvalue weighted by Gasteiger charge is 2.42. The molecule has 4 heterocycles. The number of halogens is 4. The Bertz CT molecular complexity index is 1160. The molecule has 0 aromatic carbocycles. The molecule has 10 nitrogen and oxygen atoms in total. The van der Waals surface area contributed by atoms with Gasteiger partial charge in [0.15, 0.2) is 5.69 Å². The maximum atomic E-state index is 13.8. The summed E-state index contributed by atoms with van der Waals surface area (Å²) in [6.45, 7) is 2.13. The van der Waals surface area contributed by atoms with Crippen molar-refractivity contribution in [1.29, 1.82) is 0 Å². The first-order valence-corrected chi connectivity index (χ1v) is 13.1. The highest BCUT2D eigenvalue weighted by Crippen LogP contribution is 2.35. The van der Waals surface area contributed by atoms with Gasteiger partial charge in [-0.05, 0) is 50.7 Å². The summed E-state index contributed by atoms with van der Waals surface area (Å²) in [5.74, 6) is -1.54. The molecule has 1 unspecified atom stereocenters. The van der Waals surface area contributed by atoms with E-state index in [0.717, 1.165) is 25.7 Å². The lowest BCUT2D eigenvalue weighted by molar-refractivity contribution is -0.141. The molecule has 3 fully saturated rings. The van der Waals surface area contributed by atoms with Crippen molar-refractivity contribution in [1.82, 2.24) is 14.9 Å². The van der Waals surface area contributed by atoms with Crippen molar-refractivity contribution < 1.29 is 36.3 Å². The maximum Gasteiger partial charge on any atom is 0.437 e. The van der Waals surface area contributed by atoms with Crippen molar-refractivity contribution in [3.05, 3.63) is 29.8 Å². The Morgan fingerprint density at radius 1 is 1.00 bits per heavy atom. The third-order valence-corrected chi connectivity index (χ3v) is 7.16. The number of oxazole rings is 1. The third-order valence-electron chi connectivity index (χ3n) is 7.16. The van der Waals surface area contributed by atoms with E-state index in [1.54, 1.807) is 11.0 Å². The van der Waals surface area contributed by atoms with E-state index in [-0.39, 0.29) is 31.0 Å². The van der Waals surface area contributed by atoms with Gasteiger partial charge in [0.05, 0.1) is 18.4 Å². The molecule has 1 N–H and O–H groups in total. The lowest BCUT2D eigenvalue weighted by Gasteiger charge is -2.35. The van der Waals surface area contributed by atoms with Crippen molar-refractivity contribution in [3.63, 3.8) is 0 Å². The zero-order valence-corrected chi connectivity index (χ0v) is 21.3. The molecule has 0 radical (unpaired) electrons. The predicted molar refractivity (Wildman–Crippen MR) is 133 cm³/mol. The molecule has 0 bridgehead atoms. The molecule has 2 saturated heterocycles. The van der Waals surface area contributed by atoms with Crippen LogP contribution in [0.3, 0.4) is 0 Å². The molecule has 3 aliphatic rings. The fraction of sp³-hybridized carbons (Fsp3) is 0.600. The average molecular weight is 555 g/mol. The van der Waals surface area contributed by atoms with Gasteiger partial charge >= 0.3 is 12.3 Å². The number of amides is 2. The Morgan fingerprint density at radius 3 is 2.38 bits per heavy atom. The van der Waals surface area contributed by atoms with Crippen LogP contribution in [0.2, 0.25) is 0 Å². The van der Waals surface area contributed by atoms with Crippen molar-refractivity contribution in [2.24, 2.45) is 0 Å². The molecule has 212 valence electrons. The van der Waals surface area contributed by atoms with E-state index in [1.807, 2.05) is 4.90 Å². The molecule has 1 atom stereocenters. The molecule has 2 aromatic heterocycles. The minimum Gasteiger partial charge on any atom is -0.446 e. The summed E-state index contributed by atoms with van der Waals surface area (Å²) in [5.41, 5.74) is -1.31. The number of aromatic nitrogens is 2. The number of hydrogen-bond donors (Lipinski definition) is 1. The molecule has 2 aliphatic heterocycles. The number of alkyl halides is 4. The van der Waals surface area contributed by atoms with Gasteiger partial charge in [-0.1, -0.05) is 0 Å². The van der Waals surface area contributed by atoms with Crippen molar-refractivity contribution in [3.8, 4) is 0 Å². The van der Waals surface area contributed by atoms with E-state index in [1.165, 1.54) is 17.2 Å². The number of piperidine rings is 1. The summed E-state index contributed by atoms with van der Waals surface area (Å²) in [6.07, 6.45) is -0.398. The standard InChI is InChI=1S/C25H30F4N6O4/c26-16-4-3-9-35(15-16)23-32-21(25(27,28)29)20(39-23)22(36)31-17-7-8-19(30-14-17)33-10-12-34(13-11-33)24(37)38-18-5-1-2-6-18/h7-8,14,16,18H,1-6,9-13,15H2,(H,31,36). The van der Waals surface area contributed by atoms with Gasteiger partial charge in [-0.2, -0.15) is 18.2 Å². The van der Waals surface area contributed by atoms with Crippen LogP contribution in [0, 0.1) is 0 Å². The number of carbonyl (C=O) groups excluding carboxylic acids is 2. The zero-order chi connectivity index (χ0) is 27.6. The van der Waals surface area contributed by atoms with Crippen LogP contribution in [0.25, 0.3) is 0 Å². The Kier molecular flexibility index (Phi) is 7.80. The first-order chi connectivity index (χ1) is 18.7. The van der Waals surface area contributed by atoms with Crippen molar-refractivity contribution >= 4 is 29.5 Å². The third kappa shape index (κ3) is 6.36. The molecule has 2 amide bonds. The monoisotopic (exact) mass is 554 g/mol. The van der Waals surface area contributed by atoms with Crippen LogP contribution in [0.1, 0.15) is 54.8 Å². The SMILES string of the molecule is O=C(Nc1ccc(N2CCN(C(=O)OC3CCCC3)CC2)nc1)c1oc(N2CCCC(F)C2)nc1C(F)(F)F. The molecule has 1 aliphatic carbocycles. The fourth-order valence-corrected chi connectivity index (χ4v) is 5.07. The first-order valence-electron chi connectivity index (χ1n) is 13.1. The highest BCUT2D eigenvalue weighted by molar-refractivity contribution is 6.03. The molecular formula is C25H30F4N6O4. The smallest absolute Gasteiger partial charge is 0.437 e.